The van der Waals surface area contributed by atoms with E-state index in [9.17, 15) is 0 Å². The molecule has 1 unspecified atom stereocenters. The molecule has 110 valence electrons. The Bertz CT molecular complexity index is 423. The Morgan fingerprint density at radius 3 is 2.80 bits per heavy atom. The van der Waals surface area contributed by atoms with E-state index in [4.69, 9.17) is 0 Å². The number of fused-ring (bicyclic) bond motifs is 1. The summed E-state index contributed by atoms with van der Waals surface area (Å²) >= 11 is 2.02. The second-order valence-electron chi connectivity index (χ2n) is 6.66. The third-order valence-electron chi connectivity index (χ3n) is 5.05. The molecule has 0 spiro atoms. The Kier molecular flexibility index (Phi) is 5.06. The standard InChI is InChI=1S/C18H27NS/c1-14-6-8-15(9-7-14)10-11-19-12-16-13-20-18-5-3-2-4-17(16)18/h2-5,14-16,19H,6-13H2,1H3. The molecule has 1 heterocycles. The molecule has 1 atom stereocenters. The molecular weight excluding hydrogens is 262 g/mol. The third kappa shape index (κ3) is 3.59. The summed E-state index contributed by atoms with van der Waals surface area (Å²) < 4.78 is 0. The second-order valence-corrected chi connectivity index (χ2v) is 7.73. The molecular formula is C18H27NS. The summed E-state index contributed by atoms with van der Waals surface area (Å²) in [6.45, 7) is 4.78. The van der Waals surface area contributed by atoms with Crippen molar-refractivity contribution >= 4 is 11.8 Å². The predicted octanol–water partition coefficient (Wildman–Crippen LogP) is 4.68. The van der Waals surface area contributed by atoms with E-state index in [1.807, 2.05) is 11.8 Å². The molecule has 1 aliphatic carbocycles. The first-order chi connectivity index (χ1) is 9.83. The van der Waals surface area contributed by atoms with Crippen molar-refractivity contribution in [1.29, 1.82) is 0 Å². The summed E-state index contributed by atoms with van der Waals surface area (Å²) in [6, 6.07) is 8.92. The van der Waals surface area contributed by atoms with Crippen molar-refractivity contribution in [2.75, 3.05) is 18.8 Å². The molecule has 1 fully saturated rings. The van der Waals surface area contributed by atoms with E-state index in [0.29, 0.717) is 0 Å². The van der Waals surface area contributed by atoms with Crippen molar-refractivity contribution < 1.29 is 0 Å². The number of rotatable bonds is 5. The van der Waals surface area contributed by atoms with Crippen LogP contribution in [0.3, 0.4) is 0 Å². The predicted molar refractivity (Wildman–Crippen MR) is 88.5 cm³/mol. The summed E-state index contributed by atoms with van der Waals surface area (Å²) in [5, 5.41) is 3.71. The van der Waals surface area contributed by atoms with Crippen molar-refractivity contribution in [1.82, 2.24) is 5.32 Å². The highest BCUT2D eigenvalue weighted by molar-refractivity contribution is 7.99. The molecule has 0 bridgehead atoms. The van der Waals surface area contributed by atoms with E-state index >= 15 is 0 Å². The average Bonchev–Trinajstić information content (AvgIpc) is 2.89. The zero-order chi connectivity index (χ0) is 13.8. The lowest BCUT2D eigenvalue weighted by Crippen LogP contribution is -2.25. The van der Waals surface area contributed by atoms with E-state index in [2.05, 4.69) is 36.5 Å². The van der Waals surface area contributed by atoms with Crippen LogP contribution >= 0.6 is 11.8 Å². The lowest BCUT2D eigenvalue weighted by Gasteiger charge is -2.26. The molecule has 1 aromatic rings. The number of benzene rings is 1. The average molecular weight is 289 g/mol. The van der Waals surface area contributed by atoms with Crippen LogP contribution in [-0.2, 0) is 0 Å². The molecule has 1 N–H and O–H groups in total. The van der Waals surface area contributed by atoms with E-state index in [-0.39, 0.29) is 0 Å². The molecule has 20 heavy (non-hydrogen) atoms. The van der Waals surface area contributed by atoms with Gasteiger partial charge in [0.2, 0.25) is 0 Å². The molecule has 0 aromatic heterocycles. The molecule has 1 saturated carbocycles. The minimum absolute atomic E-state index is 0.725. The van der Waals surface area contributed by atoms with Crippen molar-refractivity contribution in [2.24, 2.45) is 11.8 Å². The maximum atomic E-state index is 3.71. The number of nitrogens with one attached hydrogen (secondary N) is 1. The van der Waals surface area contributed by atoms with Gasteiger partial charge in [0.15, 0.2) is 0 Å². The highest BCUT2D eigenvalue weighted by atomic mass is 32.2. The van der Waals surface area contributed by atoms with Crippen LogP contribution in [0.2, 0.25) is 0 Å². The minimum atomic E-state index is 0.725. The van der Waals surface area contributed by atoms with Crippen molar-refractivity contribution in [3.63, 3.8) is 0 Å². The van der Waals surface area contributed by atoms with Gasteiger partial charge in [-0.25, -0.2) is 0 Å². The molecule has 2 aliphatic rings. The van der Waals surface area contributed by atoms with Gasteiger partial charge in [0.1, 0.15) is 0 Å². The van der Waals surface area contributed by atoms with E-state index in [1.54, 1.807) is 5.56 Å². The van der Waals surface area contributed by atoms with Gasteiger partial charge in [-0.05, 0) is 36.4 Å². The molecule has 0 saturated heterocycles. The molecule has 1 aromatic carbocycles. The maximum Gasteiger partial charge on any atom is 0.0108 e. The van der Waals surface area contributed by atoms with Gasteiger partial charge in [0.05, 0.1) is 0 Å². The van der Waals surface area contributed by atoms with Crippen LogP contribution in [-0.4, -0.2) is 18.8 Å². The fourth-order valence-corrected chi connectivity index (χ4v) is 4.85. The maximum absolute atomic E-state index is 3.71. The topological polar surface area (TPSA) is 12.0 Å². The SMILES string of the molecule is CC1CCC(CCNCC2CSc3ccccc32)CC1. The fraction of sp³-hybridized carbons (Fsp3) is 0.667. The Morgan fingerprint density at radius 1 is 1.15 bits per heavy atom. The minimum Gasteiger partial charge on any atom is -0.316 e. The highest BCUT2D eigenvalue weighted by Crippen LogP contribution is 2.38. The Labute approximate surface area is 127 Å². The molecule has 1 nitrogen and oxygen atoms in total. The zero-order valence-corrected chi connectivity index (χ0v) is 13.4. The number of thioether (sulfide) groups is 1. The Morgan fingerprint density at radius 2 is 1.95 bits per heavy atom. The molecule has 2 heteroatoms. The summed E-state index contributed by atoms with van der Waals surface area (Å²) in [4.78, 5) is 1.50. The van der Waals surface area contributed by atoms with Gasteiger partial charge in [-0.2, -0.15) is 0 Å². The Balaban J connectivity index is 1.37. The van der Waals surface area contributed by atoms with Crippen LogP contribution in [0.4, 0.5) is 0 Å². The van der Waals surface area contributed by atoms with Gasteiger partial charge in [-0.15, -0.1) is 11.8 Å². The third-order valence-corrected chi connectivity index (χ3v) is 6.31. The van der Waals surface area contributed by atoms with E-state index < -0.39 is 0 Å². The van der Waals surface area contributed by atoms with Gasteiger partial charge in [0, 0.05) is 23.1 Å². The van der Waals surface area contributed by atoms with Crippen LogP contribution in [0.1, 0.15) is 50.5 Å². The smallest absolute Gasteiger partial charge is 0.0108 e. The summed E-state index contributed by atoms with van der Waals surface area (Å²) in [5.41, 5.74) is 1.57. The van der Waals surface area contributed by atoms with Gasteiger partial charge < -0.3 is 5.32 Å². The summed E-state index contributed by atoms with van der Waals surface area (Å²) in [7, 11) is 0. The second kappa shape index (κ2) is 7.00. The van der Waals surface area contributed by atoms with Crippen molar-refractivity contribution in [3.05, 3.63) is 29.8 Å². The highest BCUT2D eigenvalue weighted by Gasteiger charge is 2.22. The summed E-state index contributed by atoms with van der Waals surface area (Å²) in [5.74, 6) is 3.95. The van der Waals surface area contributed by atoms with Crippen LogP contribution in [0.15, 0.2) is 29.2 Å². The lowest BCUT2D eigenvalue weighted by molar-refractivity contribution is 0.275. The molecule has 0 amide bonds. The molecule has 1 aliphatic heterocycles. The quantitative estimate of drug-likeness (QED) is 0.790. The fourth-order valence-electron chi connectivity index (χ4n) is 3.60. The van der Waals surface area contributed by atoms with Gasteiger partial charge >= 0.3 is 0 Å². The summed E-state index contributed by atoms with van der Waals surface area (Å²) in [6.07, 6.45) is 7.22. The van der Waals surface area contributed by atoms with Crippen LogP contribution < -0.4 is 5.32 Å². The number of hydrogen-bond acceptors (Lipinski definition) is 2. The van der Waals surface area contributed by atoms with Gasteiger partial charge in [-0.1, -0.05) is 50.8 Å². The molecule has 0 radical (unpaired) electrons. The molecule has 3 rings (SSSR count). The first-order valence-electron chi connectivity index (χ1n) is 8.25. The van der Waals surface area contributed by atoms with Crippen molar-refractivity contribution in [3.8, 4) is 0 Å². The van der Waals surface area contributed by atoms with E-state index in [0.717, 1.165) is 24.3 Å². The largest absolute Gasteiger partial charge is 0.316 e. The van der Waals surface area contributed by atoms with E-state index in [1.165, 1.54) is 49.3 Å². The number of hydrogen-bond donors (Lipinski definition) is 1. The first-order valence-corrected chi connectivity index (χ1v) is 9.24. The Hall–Kier alpha value is -0.470. The van der Waals surface area contributed by atoms with Gasteiger partial charge in [0.25, 0.3) is 0 Å². The zero-order valence-electron chi connectivity index (χ0n) is 12.6. The lowest BCUT2D eigenvalue weighted by atomic mass is 9.81. The monoisotopic (exact) mass is 289 g/mol. The first kappa shape index (κ1) is 14.5. The van der Waals surface area contributed by atoms with Crippen LogP contribution in [0.5, 0.6) is 0 Å². The normalized spacial score (nSPS) is 29.4. The van der Waals surface area contributed by atoms with Crippen molar-refractivity contribution in [2.45, 2.75) is 49.8 Å². The van der Waals surface area contributed by atoms with Gasteiger partial charge in [-0.3, -0.25) is 0 Å². The van der Waals surface area contributed by atoms with Crippen LogP contribution in [0.25, 0.3) is 0 Å². The van der Waals surface area contributed by atoms with Crippen LogP contribution in [0, 0.1) is 11.8 Å².